The van der Waals surface area contributed by atoms with E-state index in [9.17, 15) is 13.2 Å². The third-order valence-corrected chi connectivity index (χ3v) is 6.84. The summed E-state index contributed by atoms with van der Waals surface area (Å²) in [6.45, 7) is 4.30. The van der Waals surface area contributed by atoms with E-state index in [-0.39, 0.29) is 28.7 Å². The lowest BCUT2D eigenvalue weighted by Gasteiger charge is -2.29. The summed E-state index contributed by atoms with van der Waals surface area (Å²) in [6, 6.07) is 7.38. The van der Waals surface area contributed by atoms with Gasteiger partial charge in [0.25, 0.3) is 0 Å². The second kappa shape index (κ2) is 7.57. The van der Waals surface area contributed by atoms with Crippen molar-refractivity contribution in [2.24, 2.45) is 0 Å². The van der Waals surface area contributed by atoms with Gasteiger partial charge in [0.2, 0.25) is 5.91 Å². The summed E-state index contributed by atoms with van der Waals surface area (Å²) in [7, 11) is -1.38. The van der Waals surface area contributed by atoms with Crippen LogP contribution in [0.4, 0.5) is 0 Å². The summed E-state index contributed by atoms with van der Waals surface area (Å²) in [5.41, 5.74) is 0. The van der Waals surface area contributed by atoms with Crippen molar-refractivity contribution in [1.29, 1.82) is 0 Å². The highest BCUT2D eigenvalue weighted by Gasteiger charge is 2.35. The summed E-state index contributed by atoms with van der Waals surface area (Å²) < 4.78 is 28.4. The lowest BCUT2D eigenvalue weighted by molar-refractivity contribution is -0.131. The molecule has 23 heavy (non-hydrogen) atoms. The predicted molar refractivity (Wildman–Crippen MR) is 92.8 cm³/mol. The summed E-state index contributed by atoms with van der Waals surface area (Å²) in [6.07, 6.45) is 0.543. The van der Waals surface area contributed by atoms with E-state index in [2.05, 4.69) is 0 Å². The van der Waals surface area contributed by atoms with Gasteiger partial charge in [-0.25, -0.2) is 8.42 Å². The molecule has 1 saturated heterocycles. The van der Waals surface area contributed by atoms with Crippen molar-refractivity contribution in [3.05, 3.63) is 24.3 Å². The van der Waals surface area contributed by atoms with Crippen LogP contribution in [0.3, 0.4) is 0 Å². The van der Waals surface area contributed by atoms with Crippen LogP contribution in [0, 0.1) is 0 Å². The van der Waals surface area contributed by atoms with Gasteiger partial charge in [0, 0.05) is 17.5 Å². The Hall–Kier alpha value is -1.21. The van der Waals surface area contributed by atoms with Gasteiger partial charge in [0.15, 0.2) is 9.84 Å². The number of carbonyl (C=O) groups is 1. The Bertz CT molecular complexity index is 643. The van der Waals surface area contributed by atoms with Crippen molar-refractivity contribution in [2.45, 2.75) is 36.5 Å². The van der Waals surface area contributed by atoms with E-state index < -0.39 is 9.84 Å². The van der Waals surface area contributed by atoms with Gasteiger partial charge in [0.05, 0.1) is 23.9 Å². The molecule has 1 aliphatic heterocycles. The molecule has 1 aromatic carbocycles. The van der Waals surface area contributed by atoms with Crippen LogP contribution in [0.15, 0.2) is 29.2 Å². The third-order valence-electron chi connectivity index (χ3n) is 3.99. The molecule has 1 fully saturated rings. The molecule has 0 unspecified atom stereocenters. The van der Waals surface area contributed by atoms with E-state index in [1.54, 1.807) is 12.0 Å². The maximum absolute atomic E-state index is 12.7. The Balaban J connectivity index is 2.01. The van der Waals surface area contributed by atoms with Crippen molar-refractivity contribution in [3.8, 4) is 5.75 Å². The summed E-state index contributed by atoms with van der Waals surface area (Å²) >= 11 is 1.48. The fourth-order valence-electron chi connectivity index (χ4n) is 2.76. The first-order valence-corrected chi connectivity index (χ1v) is 10.4. The highest BCUT2D eigenvalue weighted by molar-refractivity contribution is 8.00. The molecule has 1 aromatic rings. The first-order valence-electron chi connectivity index (χ1n) is 7.68. The van der Waals surface area contributed by atoms with Gasteiger partial charge in [-0.1, -0.05) is 0 Å². The summed E-state index contributed by atoms with van der Waals surface area (Å²) in [5, 5.41) is -0.258. The van der Waals surface area contributed by atoms with E-state index in [0.717, 1.165) is 10.6 Å². The molecule has 0 aliphatic carbocycles. The van der Waals surface area contributed by atoms with E-state index in [1.165, 1.54) is 11.8 Å². The summed E-state index contributed by atoms with van der Waals surface area (Å²) in [4.78, 5) is 15.4. The largest absolute Gasteiger partial charge is 0.497 e. The minimum atomic E-state index is -2.99. The van der Waals surface area contributed by atoms with Gasteiger partial charge < -0.3 is 9.64 Å². The molecule has 0 radical (unpaired) electrons. The lowest BCUT2D eigenvalue weighted by atomic mass is 10.2. The van der Waals surface area contributed by atoms with Gasteiger partial charge in [-0.15, -0.1) is 11.8 Å². The average molecular weight is 357 g/mol. The van der Waals surface area contributed by atoms with Crippen LogP contribution in [0.1, 0.15) is 20.3 Å². The normalized spacial score (nSPS) is 20.9. The number of carbonyl (C=O) groups excluding carboxylic acids is 1. The van der Waals surface area contributed by atoms with Gasteiger partial charge in [-0.3, -0.25) is 4.79 Å². The molecule has 0 bridgehead atoms. The van der Waals surface area contributed by atoms with Crippen LogP contribution < -0.4 is 4.74 Å². The van der Waals surface area contributed by atoms with Crippen LogP contribution in [0.5, 0.6) is 5.75 Å². The van der Waals surface area contributed by atoms with Crippen molar-refractivity contribution in [2.75, 3.05) is 25.2 Å². The number of methoxy groups -OCH3 is 1. The van der Waals surface area contributed by atoms with Crippen LogP contribution >= 0.6 is 11.8 Å². The Labute approximate surface area is 142 Å². The third kappa shape index (κ3) is 4.64. The van der Waals surface area contributed by atoms with E-state index in [0.29, 0.717) is 13.0 Å². The van der Waals surface area contributed by atoms with E-state index in [1.807, 2.05) is 38.1 Å². The second-order valence-corrected chi connectivity index (χ2v) is 9.26. The molecule has 0 aromatic heterocycles. The van der Waals surface area contributed by atoms with Crippen molar-refractivity contribution in [3.63, 3.8) is 0 Å². The van der Waals surface area contributed by atoms with Gasteiger partial charge in [-0.05, 0) is 44.5 Å². The number of sulfone groups is 1. The number of nitrogens with zero attached hydrogens (tertiary/aromatic N) is 1. The molecule has 7 heteroatoms. The minimum absolute atomic E-state index is 0.00424. The van der Waals surface area contributed by atoms with E-state index >= 15 is 0 Å². The Kier molecular flexibility index (Phi) is 5.97. The molecular formula is C16H23NO4S2. The zero-order chi connectivity index (χ0) is 17.0. The molecule has 5 nitrogen and oxygen atoms in total. The molecule has 0 saturated carbocycles. The predicted octanol–water partition coefficient (Wildman–Crippen LogP) is 2.21. The Morgan fingerprint density at radius 2 is 2.04 bits per heavy atom. The number of rotatable bonds is 6. The minimum Gasteiger partial charge on any atom is -0.497 e. The van der Waals surface area contributed by atoms with Gasteiger partial charge in [-0.2, -0.15) is 0 Å². The van der Waals surface area contributed by atoms with Gasteiger partial charge >= 0.3 is 0 Å². The topological polar surface area (TPSA) is 63.7 Å². The zero-order valence-electron chi connectivity index (χ0n) is 13.7. The average Bonchev–Trinajstić information content (AvgIpc) is 2.88. The number of benzene rings is 1. The molecule has 1 amide bonds. The number of hydrogen-bond acceptors (Lipinski definition) is 5. The monoisotopic (exact) mass is 357 g/mol. The van der Waals surface area contributed by atoms with Crippen LogP contribution in [-0.2, 0) is 14.6 Å². The molecular weight excluding hydrogens is 334 g/mol. The van der Waals surface area contributed by atoms with Crippen LogP contribution in [0.25, 0.3) is 0 Å². The van der Waals surface area contributed by atoms with Gasteiger partial charge in [0.1, 0.15) is 5.75 Å². The molecule has 2 rings (SSSR count). The number of amides is 1. The quantitative estimate of drug-likeness (QED) is 0.731. The Morgan fingerprint density at radius 3 is 2.52 bits per heavy atom. The Morgan fingerprint density at radius 1 is 1.39 bits per heavy atom. The first kappa shape index (κ1) is 18.1. The molecule has 1 heterocycles. The van der Waals surface area contributed by atoms with Crippen molar-refractivity contribution in [1.82, 2.24) is 4.90 Å². The highest BCUT2D eigenvalue weighted by atomic mass is 32.2. The molecule has 128 valence electrons. The standard InChI is InChI=1S/C16H23NO4S2/c1-4-17(13-9-10-23(19,20)11-13)16(18)12(2)22-15-7-5-14(21-3)6-8-15/h5-8,12-13H,4,9-11H2,1-3H3/t12-,13-/m0/s1. The van der Waals surface area contributed by atoms with Crippen molar-refractivity contribution >= 4 is 27.5 Å². The fraction of sp³-hybridized carbons (Fsp3) is 0.562. The molecule has 0 spiro atoms. The summed E-state index contributed by atoms with van der Waals surface area (Å²) in [5.74, 6) is 1.05. The smallest absolute Gasteiger partial charge is 0.236 e. The lowest BCUT2D eigenvalue weighted by Crippen LogP contribution is -2.44. The van der Waals surface area contributed by atoms with Crippen molar-refractivity contribution < 1.29 is 17.9 Å². The maximum Gasteiger partial charge on any atom is 0.236 e. The fourth-order valence-corrected chi connectivity index (χ4v) is 5.43. The van der Waals surface area contributed by atoms with Crippen LogP contribution in [0.2, 0.25) is 0 Å². The number of ether oxygens (including phenoxy) is 1. The second-order valence-electron chi connectivity index (χ2n) is 5.62. The maximum atomic E-state index is 12.7. The van der Waals surface area contributed by atoms with E-state index in [4.69, 9.17) is 4.74 Å². The molecule has 1 aliphatic rings. The number of thioether (sulfide) groups is 1. The SMILES string of the molecule is CCN(C(=O)[C@H](C)Sc1ccc(OC)cc1)[C@H]1CCS(=O)(=O)C1. The number of hydrogen-bond donors (Lipinski definition) is 0. The molecule has 2 atom stereocenters. The highest BCUT2D eigenvalue weighted by Crippen LogP contribution is 2.28. The zero-order valence-corrected chi connectivity index (χ0v) is 15.3. The molecule has 0 N–H and O–H groups in total. The van der Waals surface area contributed by atoms with Crippen LogP contribution in [-0.4, -0.2) is 55.7 Å². The first-order chi connectivity index (χ1) is 10.9.